The number of amides is 1. The van der Waals surface area contributed by atoms with Crippen molar-refractivity contribution >= 4 is 30.2 Å². The minimum Gasteiger partial charge on any atom is -0.464 e. The molecule has 0 fully saturated rings. The number of esters is 1. The molecular weight excluding hydrogens is 362 g/mol. The quantitative estimate of drug-likeness (QED) is 0.587. The smallest absolute Gasteiger partial charge is 0.354 e. The average molecular weight is 398 g/mol. The first kappa shape index (κ1) is 27.1. The summed E-state index contributed by atoms with van der Waals surface area (Å²) in [5.74, 6) is -0.647. The van der Waals surface area contributed by atoms with E-state index < -0.39 is 5.97 Å². The average Bonchev–Trinajstić information content (AvgIpc) is 3.19. The van der Waals surface area contributed by atoms with Crippen molar-refractivity contribution in [2.24, 2.45) is 14.1 Å². The Morgan fingerprint density at radius 2 is 1.52 bits per heavy atom. The van der Waals surface area contributed by atoms with Crippen LogP contribution < -0.4 is 5.32 Å². The summed E-state index contributed by atoms with van der Waals surface area (Å²) in [7, 11) is 4.90. The third-order valence-corrected chi connectivity index (χ3v) is 3.55. The highest BCUT2D eigenvalue weighted by molar-refractivity contribution is 7.79. The first-order valence-corrected chi connectivity index (χ1v) is 9.88. The van der Waals surface area contributed by atoms with Gasteiger partial charge in [-0.05, 0) is 37.8 Å². The van der Waals surface area contributed by atoms with E-state index in [0.717, 1.165) is 11.3 Å². The molecular formula is C20H35N3O3S. The largest absolute Gasteiger partial charge is 0.464 e. The van der Waals surface area contributed by atoms with Gasteiger partial charge in [0.2, 0.25) is 0 Å². The van der Waals surface area contributed by atoms with Gasteiger partial charge in [0, 0.05) is 26.0 Å². The van der Waals surface area contributed by atoms with Crippen LogP contribution in [0, 0.1) is 13.8 Å². The lowest BCUT2D eigenvalue weighted by atomic mass is 10.3. The second-order valence-corrected chi connectivity index (χ2v) is 5.05. The van der Waals surface area contributed by atoms with Crippen LogP contribution in [-0.2, 0) is 18.8 Å². The van der Waals surface area contributed by atoms with Gasteiger partial charge in [-0.2, -0.15) is 12.6 Å². The maximum absolute atomic E-state index is 12.3. The molecule has 2 rings (SSSR count). The van der Waals surface area contributed by atoms with Crippen molar-refractivity contribution in [3.8, 4) is 0 Å². The summed E-state index contributed by atoms with van der Waals surface area (Å²) in [5.41, 5.74) is 3.36. The predicted molar refractivity (Wildman–Crippen MR) is 117 cm³/mol. The third-order valence-electron chi connectivity index (χ3n) is 3.55. The molecule has 2 heterocycles. The molecule has 6 nitrogen and oxygen atoms in total. The van der Waals surface area contributed by atoms with Crippen LogP contribution in [0.3, 0.4) is 0 Å². The van der Waals surface area contributed by atoms with E-state index in [1.807, 2.05) is 60.9 Å². The van der Waals surface area contributed by atoms with Crippen LogP contribution in [0.1, 0.15) is 59.9 Å². The summed E-state index contributed by atoms with van der Waals surface area (Å²) in [4.78, 5) is 24.0. The number of hydrogen-bond donors (Lipinski definition) is 2. The Bertz CT molecular complexity index is 718. The van der Waals surface area contributed by atoms with Gasteiger partial charge in [-0.1, -0.05) is 27.7 Å². The number of carbonyl (C=O) groups excluding carboxylic acids is 2. The highest BCUT2D eigenvalue weighted by Gasteiger charge is 2.18. The lowest BCUT2D eigenvalue weighted by molar-refractivity contribution is 0.0589. The van der Waals surface area contributed by atoms with E-state index in [0.29, 0.717) is 17.1 Å². The normalized spacial score (nSPS) is 8.85. The Kier molecular flexibility index (Phi) is 14.0. The molecule has 27 heavy (non-hydrogen) atoms. The van der Waals surface area contributed by atoms with Crippen molar-refractivity contribution < 1.29 is 14.3 Å². The Labute approximate surface area is 169 Å². The number of methoxy groups -OCH3 is 1. The predicted octanol–water partition coefficient (Wildman–Crippen LogP) is 4.62. The van der Waals surface area contributed by atoms with Crippen LogP contribution in [0.5, 0.6) is 0 Å². The van der Waals surface area contributed by atoms with Crippen LogP contribution >= 0.6 is 12.6 Å². The molecule has 2 aromatic rings. The molecule has 0 aliphatic heterocycles. The van der Waals surface area contributed by atoms with E-state index >= 15 is 0 Å². The maximum Gasteiger partial charge on any atom is 0.354 e. The Hall–Kier alpha value is -2.15. The molecule has 154 valence electrons. The zero-order chi connectivity index (χ0) is 21.7. The van der Waals surface area contributed by atoms with Gasteiger partial charge >= 0.3 is 5.97 Å². The zero-order valence-electron chi connectivity index (χ0n) is 18.3. The fourth-order valence-corrected chi connectivity index (χ4v) is 2.27. The fourth-order valence-electron chi connectivity index (χ4n) is 2.27. The van der Waals surface area contributed by atoms with E-state index in [9.17, 15) is 9.59 Å². The van der Waals surface area contributed by atoms with Crippen molar-refractivity contribution in [1.29, 1.82) is 0 Å². The summed E-state index contributed by atoms with van der Waals surface area (Å²) in [6, 6.07) is 3.43. The van der Waals surface area contributed by atoms with E-state index in [1.54, 1.807) is 28.5 Å². The Balaban J connectivity index is 0. The number of carbonyl (C=O) groups is 2. The molecule has 7 heteroatoms. The monoisotopic (exact) mass is 397 g/mol. The number of anilines is 1. The summed E-state index contributed by atoms with van der Waals surface area (Å²) < 4.78 is 8.18. The molecule has 0 unspecified atom stereocenters. The van der Waals surface area contributed by atoms with Gasteiger partial charge < -0.3 is 19.2 Å². The summed E-state index contributed by atoms with van der Waals surface area (Å²) >= 11 is 3.53. The molecule has 0 aromatic carbocycles. The number of aromatic nitrogens is 2. The summed E-state index contributed by atoms with van der Waals surface area (Å²) in [6.45, 7) is 11.8. The third kappa shape index (κ3) is 7.17. The van der Waals surface area contributed by atoms with Gasteiger partial charge in [0.1, 0.15) is 11.4 Å². The molecule has 0 atom stereocenters. The molecule has 2 aromatic heterocycles. The van der Waals surface area contributed by atoms with Gasteiger partial charge in [-0.25, -0.2) is 4.79 Å². The molecule has 0 radical (unpaired) electrons. The first-order chi connectivity index (χ1) is 12.8. The summed E-state index contributed by atoms with van der Waals surface area (Å²) in [6.07, 6.45) is 3.58. The topological polar surface area (TPSA) is 65.3 Å². The van der Waals surface area contributed by atoms with Crippen molar-refractivity contribution in [3.05, 3.63) is 41.0 Å². The van der Waals surface area contributed by atoms with Crippen molar-refractivity contribution in [2.45, 2.75) is 41.5 Å². The fraction of sp³-hybridized carbons (Fsp3) is 0.500. The number of thiol groups is 1. The van der Waals surface area contributed by atoms with Crippen LogP contribution in [0.25, 0.3) is 0 Å². The molecule has 1 amide bonds. The van der Waals surface area contributed by atoms with Crippen molar-refractivity contribution in [3.63, 3.8) is 0 Å². The van der Waals surface area contributed by atoms with Gasteiger partial charge in [-0.3, -0.25) is 4.79 Å². The minimum atomic E-state index is -0.434. The SMILES string of the molecule is CC.CC.COC(=O)c1cc(NC(=O)c2cc(C)cn2C)c(C)n1C.CS. The number of nitrogens with zero attached hydrogens (tertiary/aromatic N) is 2. The van der Waals surface area contributed by atoms with Gasteiger partial charge in [0.05, 0.1) is 12.8 Å². The van der Waals surface area contributed by atoms with Gasteiger partial charge in [0.15, 0.2) is 0 Å². The van der Waals surface area contributed by atoms with E-state index in [2.05, 4.69) is 17.9 Å². The summed E-state index contributed by atoms with van der Waals surface area (Å²) in [5, 5.41) is 2.83. The lowest BCUT2D eigenvalue weighted by Gasteiger charge is -2.06. The lowest BCUT2D eigenvalue weighted by Crippen LogP contribution is -2.15. The maximum atomic E-state index is 12.3. The van der Waals surface area contributed by atoms with E-state index in [-0.39, 0.29) is 5.91 Å². The number of ether oxygens (including phenoxy) is 1. The highest BCUT2D eigenvalue weighted by atomic mass is 32.1. The number of hydrogen-bond acceptors (Lipinski definition) is 4. The first-order valence-electron chi connectivity index (χ1n) is 8.98. The standard InChI is InChI=1S/C15H19N3O3.2C2H6.CH4S/c1-9-6-12(17(3)8-9)14(19)16-11-7-13(15(20)21-5)18(4)10(11)2;3*1-2/h6-8H,1-5H3,(H,16,19);2*1-2H3;2H,1H3. The highest BCUT2D eigenvalue weighted by Crippen LogP contribution is 2.21. The van der Waals surface area contributed by atoms with E-state index in [1.165, 1.54) is 7.11 Å². The van der Waals surface area contributed by atoms with Crippen LogP contribution in [0.15, 0.2) is 18.3 Å². The van der Waals surface area contributed by atoms with Crippen LogP contribution in [0.4, 0.5) is 5.69 Å². The second kappa shape index (κ2) is 14.0. The minimum absolute atomic E-state index is 0.212. The molecule has 1 N–H and O–H groups in total. The Morgan fingerprint density at radius 1 is 1.00 bits per heavy atom. The molecule has 0 bridgehead atoms. The molecule has 0 aliphatic rings. The number of aryl methyl sites for hydroxylation is 2. The van der Waals surface area contributed by atoms with Crippen LogP contribution in [0.2, 0.25) is 0 Å². The van der Waals surface area contributed by atoms with Crippen molar-refractivity contribution in [2.75, 3.05) is 18.7 Å². The van der Waals surface area contributed by atoms with Gasteiger partial charge in [0.25, 0.3) is 5.91 Å². The Morgan fingerprint density at radius 3 is 1.93 bits per heavy atom. The van der Waals surface area contributed by atoms with Crippen molar-refractivity contribution in [1.82, 2.24) is 9.13 Å². The molecule has 0 spiro atoms. The molecule has 0 saturated heterocycles. The molecule has 0 aliphatic carbocycles. The molecule has 0 saturated carbocycles. The second-order valence-electron chi connectivity index (χ2n) is 5.05. The number of nitrogens with one attached hydrogen (secondary N) is 1. The van der Waals surface area contributed by atoms with Crippen LogP contribution in [-0.4, -0.2) is 34.4 Å². The zero-order valence-corrected chi connectivity index (χ0v) is 19.2. The van der Waals surface area contributed by atoms with Gasteiger partial charge in [-0.15, -0.1) is 0 Å². The van der Waals surface area contributed by atoms with E-state index in [4.69, 9.17) is 4.74 Å². The number of rotatable bonds is 3.